The van der Waals surface area contributed by atoms with Crippen LogP contribution < -0.4 is 10.1 Å². The molecule has 112 valence electrons. The number of aromatic nitrogens is 1. The minimum Gasteiger partial charge on any atom is -0.487 e. The van der Waals surface area contributed by atoms with Crippen molar-refractivity contribution in [2.45, 2.75) is 33.4 Å². The van der Waals surface area contributed by atoms with Gasteiger partial charge in [-0.2, -0.15) is 0 Å². The second-order valence-corrected chi connectivity index (χ2v) is 5.91. The zero-order chi connectivity index (χ0) is 15.1. The molecule has 0 unspecified atom stereocenters. The van der Waals surface area contributed by atoms with Crippen LogP contribution in [0.25, 0.3) is 0 Å². The van der Waals surface area contributed by atoms with Crippen LogP contribution in [-0.4, -0.2) is 11.5 Å². The van der Waals surface area contributed by atoms with E-state index in [1.807, 2.05) is 12.1 Å². The maximum absolute atomic E-state index is 6.01. The number of benzene rings is 1. The number of pyridine rings is 1. The van der Waals surface area contributed by atoms with Gasteiger partial charge in [0.25, 0.3) is 0 Å². The minimum absolute atomic E-state index is 0.485. The van der Waals surface area contributed by atoms with Crippen LogP contribution in [0.1, 0.15) is 30.2 Å². The summed E-state index contributed by atoms with van der Waals surface area (Å²) in [4.78, 5) is 4.34. The van der Waals surface area contributed by atoms with Gasteiger partial charge >= 0.3 is 0 Å². The molecule has 0 saturated carbocycles. The highest BCUT2D eigenvalue weighted by Crippen LogP contribution is 2.24. The average molecular weight is 349 g/mol. The quantitative estimate of drug-likeness (QED) is 0.760. The molecule has 1 aromatic carbocycles. The Morgan fingerprint density at radius 3 is 2.81 bits per heavy atom. The Balaban J connectivity index is 2.05. The summed E-state index contributed by atoms with van der Waals surface area (Å²) >= 11 is 3.39. The van der Waals surface area contributed by atoms with Crippen molar-refractivity contribution in [1.29, 1.82) is 0 Å². The van der Waals surface area contributed by atoms with Crippen LogP contribution in [0.4, 0.5) is 0 Å². The molecule has 0 amide bonds. The monoisotopic (exact) mass is 348 g/mol. The Labute approximate surface area is 134 Å². The number of ether oxygens (including phenoxy) is 1. The lowest BCUT2D eigenvalue weighted by Crippen LogP contribution is -2.15. The van der Waals surface area contributed by atoms with Crippen LogP contribution in [-0.2, 0) is 13.2 Å². The number of hydrogen-bond donors (Lipinski definition) is 1. The highest BCUT2D eigenvalue weighted by Gasteiger charge is 2.07. The Bertz CT molecular complexity index is 570. The molecule has 3 nitrogen and oxygen atoms in total. The van der Waals surface area contributed by atoms with E-state index in [2.05, 4.69) is 58.3 Å². The van der Waals surface area contributed by atoms with Crippen molar-refractivity contribution in [2.75, 3.05) is 6.54 Å². The zero-order valence-corrected chi connectivity index (χ0v) is 14.1. The predicted molar refractivity (Wildman–Crippen MR) is 89.4 cm³/mol. The molecule has 2 aromatic rings. The Hall–Kier alpha value is -1.39. The van der Waals surface area contributed by atoms with Crippen molar-refractivity contribution in [1.82, 2.24) is 10.3 Å². The highest BCUT2D eigenvalue weighted by atomic mass is 79.9. The van der Waals surface area contributed by atoms with Crippen molar-refractivity contribution in [3.63, 3.8) is 0 Å². The molecule has 0 spiro atoms. The van der Waals surface area contributed by atoms with Gasteiger partial charge in [-0.1, -0.05) is 25.1 Å². The molecular formula is C17H21BrN2O. The van der Waals surface area contributed by atoms with E-state index in [-0.39, 0.29) is 0 Å². The van der Waals surface area contributed by atoms with Crippen LogP contribution in [0.5, 0.6) is 5.75 Å². The van der Waals surface area contributed by atoms with E-state index in [0.29, 0.717) is 6.61 Å². The maximum atomic E-state index is 6.01. The van der Waals surface area contributed by atoms with Crippen LogP contribution in [0, 0.1) is 6.92 Å². The van der Waals surface area contributed by atoms with Crippen LogP contribution in [0.3, 0.4) is 0 Å². The summed E-state index contributed by atoms with van der Waals surface area (Å²) in [6, 6.07) is 10.2. The van der Waals surface area contributed by atoms with Gasteiger partial charge in [0.05, 0.1) is 5.69 Å². The van der Waals surface area contributed by atoms with Gasteiger partial charge in [0, 0.05) is 22.8 Å². The van der Waals surface area contributed by atoms with Crippen molar-refractivity contribution in [3.8, 4) is 5.75 Å². The van der Waals surface area contributed by atoms with E-state index in [4.69, 9.17) is 4.74 Å². The summed E-state index contributed by atoms with van der Waals surface area (Å²) in [7, 11) is 0. The number of rotatable bonds is 7. The molecule has 0 aliphatic carbocycles. The highest BCUT2D eigenvalue weighted by molar-refractivity contribution is 9.10. The zero-order valence-electron chi connectivity index (χ0n) is 12.5. The molecule has 1 aromatic heterocycles. The Morgan fingerprint density at radius 1 is 1.24 bits per heavy atom. The normalized spacial score (nSPS) is 10.6. The Kier molecular flexibility index (Phi) is 6.21. The van der Waals surface area contributed by atoms with E-state index < -0.39 is 0 Å². The van der Waals surface area contributed by atoms with Crippen molar-refractivity contribution >= 4 is 15.9 Å². The smallest absolute Gasteiger partial charge is 0.130 e. The van der Waals surface area contributed by atoms with Crippen molar-refractivity contribution in [3.05, 3.63) is 57.8 Å². The molecule has 0 aliphatic rings. The summed E-state index contributed by atoms with van der Waals surface area (Å²) in [6.07, 6.45) is 2.92. The van der Waals surface area contributed by atoms with Gasteiger partial charge in [-0.3, -0.25) is 4.98 Å². The molecule has 0 fully saturated rings. The minimum atomic E-state index is 0.485. The van der Waals surface area contributed by atoms with Crippen molar-refractivity contribution < 1.29 is 4.74 Å². The molecule has 2 rings (SSSR count). The number of halogens is 1. The lowest BCUT2D eigenvalue weighted by molar-refractivity contribution is 0.295. The van der Waals surface area contributed by atoms with Crippen LogP contribution in [0.2, 0.25) is 0 Å². The van der Waals surface area contributed by atoms with E-state index in [1.165, 1.54) is 5.56 Å². The first kappa shape index (κ1) is 16.0. The standard InChI is InChI=1S/C17H21BrN2O/c1-3-9-19-10-14-6-4-5-13(2)17(14)21-12-16-8-7-15(18)11-20-16/h4-8,11,19H,3,9-10,12H2,1-2H3. The summed E-state index contributed by atoms with van der Waals surface area (Å²) in [5.41, 5.74) is 3.28. The lowest BCUT2D eigenvalue weighted by atomic mass is 10.1. The number of para-hydroxylation sites is 1. The van der Waals surface area contributed by atoms with Gasteiger partial charge in [-0.05, 0) is 53.5 Å². The van der Waals surface area contributed by atoms with Gasteiger partial charge < -0.3 is 10.1 Å². The topological polar surface area (TPSA) is 34.1 Å². The van der Waals surface area contributed by atoms with Crippen LogP contribution >= 0.6 is 15.9 Å². The molecule has 0 atom stereocenters. The average Bonchev–Trinajstić information content (AvgIpc) is 2.48. The maximum Gasteiger partial charge on any atom is 0.130 e. The molecule has 21 heavy (non-hydrogen) atoms. The third kappa shape index (κ3) is 4.83. The van der Waals surface area contributed by atoms with Gasteiger partial charge in [0.2, 0.25) is 0 Å². The summed E-state index contributed by atoms with van der Waals surface area (Å²) in [5, 5.41) is 3.42. The van der Waals surface area contributed by atoms with E-state index in [1.54, 1.807) is 6.20 Å². The van der Waals surface area contributed by atoms with Gasteiger partial charge in [-0.25, -0.2) is 0 Å². The van der Waals surface area contributed by atoms with E-state index >= 15 is 0 Å². The second kappa shape index (κ2) is 8.15. The molecule has 0 bridgehead atoms. The number of aryl methyl sites for hydroxylation is 1. The van der Waals surface area contributed by atoms with Gasteiger partial charge in [-0.15, -0.1) is 0 Å². The fourth-order valence-corrected chi connectivity index (χ4v) is 2.33. The van der Waals surface area contributed by atoms with Crippen molar-refractivity contribution in [2.24, 2.45) is 0 Å². The third-order valence-electron chi connectivity index (χ3n) is 3.19. The fourth-order valence-electron chi connectivity index (χ4n) is 2.10. The molecule has 0 aliphatic heterocycles. The van der Waals surface area contributed by atoms with E-state index in [9.17, 15) is 0 Å². The molecule has 0 saturated heterocycles. The summed E-state index contributed by atoms with van der Waals surface area (Å²) < 4.78 is 6.99. The SMILES string of the molecule is CCCNCc1cccc(C)c1OCc1ccc(Br)cn1. The van der Waals surface area contributed by atoms with Gasteiger partial charge in [0.1, 0.15) is 12.4 Å². The van der Waals surface area contributed by atoms with Gasteiger partial charge in [0.15, 0.2) is 0 Å². The summed E-state index contributed by atoms with van der Waals surface area (Å²) in [5.74, 6) is 0.964. The Morgan fingerprint density at radius 2 is 2.10 bits per heavy atom. The summed E-state index contributed by atoms with van der Waals surface area (Å²) in [6.45, 7) is 6.58. The van der Waals surface area contributed by atoms with Crippen LogP contribution in [0.15, 0.2) is 41.0 Å². The first-order chi connectivity index (χ1) is 10.2. The first-order valence-electron chi connectivity index (χ1n) is 7.23. The number of nitrogens with one attached hydrogen (secondary N) is 1. The lowest BCUT2D eigenvalue weighted by Gasteiger charge is -2.14. The number of nitrogens with zero attached hydrogens (tertiary/aromatic N) is 1. The predicted octanol–water partition coefficient (Wildman–Crippen LogP) is 4.23. The fraction of sp³-hybridized carbons (Fsp3) is 0.353. The second-order valence-electron chi connectivity index (χ2n) is 5.00. The third-order valence-corrected chi connectivity index (χ3v) is 3.66. The number of hydrogen-bond acceptors (Lipinski definition) is 3. The van der Waals surface area contributed by atoms with E-state index in [0.717, 1.165) is 41.0 Å². The largest absolute Gasteiger partial charge is 0.487 e. The molecule has 4 heteroatoms. The molecular weight excluding hydrogens is 328 g/mol. The molecule has 1 N–H and O–H groups in total. The molecule has 1 heterocycles. The molecule has 0 radical (unpaired) electrons. The first-order valence-corrected chi connectivity index (χ1v) is 8.02.